The summed E-state index contributed by atoms with van der Waals surface area (Å²) in [5, 5.41) is 10.8. The Morgan fingerprint density at radius 2 is 1.70 bits per heavy atom. The zero-order chi connectivity index (χ0) is 21.1. The highest BCUT2D eigenvalue weighted by Crippen LogP contribution is 2.24. The number of nitro groups is 1. The predicted molar refractivity (Wildman–Crippen MR) is 117 cm³/mol. The Morgan fingerprint density at radius 1 is 1.00 bits per heavy atom. The summed E-state index contributed by atoms with van der Waals surface area (Å²) in [7, 11) is 0. The first-order valence-corrected chi connectivity index (χ1v) is 10.6. The van der Waals surface area contributed by atoms with Gasteiger partial charge in [0.15, 0.2) is 0 Å². The maximum atomic E-state index is 12.9. The van der Waals surface area contributed by atoms with Gasteiger partial charge in [-0.2, -0.15) is 0 Å². The molecule has 0 spiro atoms. The second-order valence-electron chi connectivity index (χ2n) is 8.16. The molecule has 0 aliphatic carbocycles. The summed E-state index contributed by atoms with van der Waals surface area (Å²) in [6.45, 7) is 7.62. The van der Waals surface area contributed by atoms with Crippen LogP contribution in [0, 0.1) is 17.0 Å². The number of para-hydroxylation sites is 1. The fourth-order valence-corrected chi connectivity index (χ4v) is 4.59. The van der Waals surface area contributed by atoms with Crippen molar-refractivity contribution in [1.29, 1.82) is 0 Å². The molecule has 2 saturated heterocycles. The van der Waals surface area contributed by atoms with Crippen molar-refractivity contribution >= 4 is 17.3 Å². The Labute approximate surface area is 177 Å². The number of aryl methyl sites for hydroxylation is 1. The highest BCUT2D eigenvalue weighted by Gasteiger charge is 2.30. The van der Waals surface area contributed by atoms with Crippen molar-refractivity contribution in [3.63, 3.8) is 0 Å². The van der Waals surface area contributed by atoms with Gasteiger partial charge in [-0.15, -0.1) is 0 Å². The van der Waals surface area contributed by atoms with Gasteiger partial charge >= 0.3 is 0 Å². The summed E-state index contributed by atoms with van der Waals surface area (Å²) in [6.07, 6.45) is 2.09. The molecule has 2 fully saturated rings. The van der Waals surface area contributed by atoms with E-state index in [9.17, 15) is 14.9 Å². The van der Waals surface area contributed by atoms with E-state index in [1.165, 1.54) is 23.4 Å². The fraction of sp³-hybridized carbons (Fsp3) is 0.435. The third kappa shape index (κ3) is 4.31. The van der Waals surface area contributed by atoms with Crippen molar-refractivity contribution in [2.24, 2.45) is 0 Å². The number of non-ortho nitro benzene ring substituents is 1. The van der Waals surface area contributed by atoms with E-state index in [2.05, 4.69) is 41.0 Å². The number of nitrogens with zero attached hydrogens (tertiary/aromatic N) is 4. The number of amides is 1. The Kier molecular flexibility index (Phi) is 5.99. The molecule has 2 aromatic carbocycles. The summed E-state index contributed by atoms with van der Waals surface area (Å²) in [5.41, 5.74) is 3.15. The number of piperidine rings is 1. The van der Waals surface area contributed by atoms with Crippen molar-refractivity contribution in [2.45, 2.75) is 25.8 Å². The molecule has 0 aromatic heterocycles. The Bertz CT molecular complexity index is 907. The van der Waals surface area contributed by atoms with E-state index in [0.717, 1.165) is 52.1 Å². The van der Waals surface area contributed by atoms with Gasteiger partial charge in [0, 0.05) is 68.7 Å². The van der Waals surface area contributed by atoms with Crippen molar-refractivity contribution in [3.05, 3.63) is 69.8 Å². The van der Waals surface area contributed by atoms with E-state index in [1.807, 2.05) is 4.90 Å². The first kappa shape index (κ1) is 20.3. The molecule has 0 radical (unpaired) electrons. The lowest BCUT2D eigenvalue weighted by molar-refractivity contribution is -0.384. The molecule has 1 atom stereocenters. The Balaban J connectivity index is 1.36. The van der Waals surface area contributed by atoms with Crippen molar-refractivity contribution in [2.75, 3.05) is 44.2 Å². The normalized spacial score (nSPS) is 20.2. The van der Waals surface area contributed by atoms with Crippen LogP contribution in [-0.2, 0) is 0 Å². The lowest BCUT2D eigenvalue weighted by Gasteiger charge is -2.44. The number of hydrogen-bond acceptors (Lipinski definition) is 5. The highest BCUT2D eigenvalue weighted by molar-refractivity contribution is 5.94. The van der Waals surface area contributed by atoms with Crippen LogP contribution in [0.5, 0.6) is 0 Å². The van der Waals surface area contributed by atoms with E-state index < -0.39 is 4.92 Å². The molecule has 0 bridgehead atoms. The number of anilines is 1. The van der Waals surface area contributed by atoms with E-state index >= 15 is 0 Å². The molecule has 158 valence electrons. The van der Waals surface area contributed by atoms with E-state index in [0.29, 0.717) is 11.6 Å². The van der Waals surface area contributed by atoms with Crippen LogP contribution < -0.4 is 4.90 Å². The van der Waals surface area contributed by atoms with Gasteiger partial charge in [-0.25, -0.2) is 0 Å². The van der Waals surface area contributed by atoms with Gasteiger partial charge in [0.1, 0.15) is 0 Å². The number of likely N-dealkylation sites (tertiary alicyclic amines) is 1. The molecule has 0 N–H and O–H groups in total. The van der Waals surface area contributed by atoms with Crippen LogP contribution >= 0.6 is 0 Å². The van der Waals surface area contributed by atoms with Crippen LogP contribution in [-0.4, -0.2) is 65.9 Å². The first-order chi connectivity index (χ1) is 14.5. The molecule has 4 rings (SSSR count). The molecular weight excluding hydrogens is 380 g/mol. The summed E-state index contributed by atoms with van der Waals surface area (Å²) in [5.74, 6) is -0.0341. The first-order valence-electron chi connectivity index (χ1n) is 10.6. The Morgan fingerprint density at radius 3 is 2.37 bits per heavy atom. The maximum absolute atomic E-state index is 12.9. The standard InChI is InChI=1S/C23H28N4O3/c1-18-5-2-3-7-22(18)25-15-13-24(14-16-25)21-6-4-12-26(17-21)23(28)19-8-10-20(11-9-19)27(29)30/h2-3,5,7-11,21H,4,6,12-17H2,1H3. The summed E-state index contributed by atoms with van der Waals surface area (Å²) < 4.78 is 0. The fourth-order valence-electron chi connectivity index (χ4n) is 4.59. The molecule has 30 heavy (non-hydrogen) atoms. The second-order valence-corrected chi connectivity index (χ2v) is 8.16. The predicted octanol–water partition coefficient (Wildman–Crippen LogP) is 3.33. The van der Waals surface area contributed by atoms with Crippen LogP contribution in [0.1, 0.15) is 28.8 Å². The lowest BCUT2D eigenvalue weighted by atomic mass is 10.0. The minimum Gasteiger partial charge on any atom is -0.369 e. The molecule has 0 saturated carbocycles. The molecule has 2 aliphatic rings. The number of nitro benzene ring substituents is 1. The highest BCUT2D eigenvalue weighted by atomic mass is 16.6. The Hall–Kier alpha value is -2.93. The van der Waals surface area contributed by atoms with Crippen molar-refractivity contribution < 1.29 is 9.72 Å². The van der Waals surface area contributed by atoms with E-state index in [4.69, 9.17) is 0 Å². The summed E-state index contributed by atoms with van der Waals surface area (Å²) >= 11 is 0. The molecule has 7 nitrogen and oxygen atoms in total. The third-order valence-corrected chi connectivity index (χ3v) is 6.30. The molecule has 1 amide bonds. The molecule has 1 unspecified atom stereocenters. The van der Waals surface area contributed by atoms with Crippen LogP contribution in [0.25, 0.3) is 0 Å². The SMILES string of the molecule is Cc1ccccc1N1CCN(C2CCCN(C(=O)c3ccc([N+](=O)[O-])cc3)C2)CC1. The zero-order valence-corrected chi connectivity index (χ0v) is 17.4. The number of benzene rings is 2. The molecule has 2 aliphatic heterocycles. The van der Waals surface area contributed by atoms with Gasteiger partial charge in [-0.3, -0.25) is 19.8 Å². The summed E-state index contributed by atoms with van der Waals surface area (Å²) in [4.78, 5) is 30.2. The number of piperazine rings is 1. The van der Waals surface area contributed by atoms with Crippen molar-refractivity contribution in [1.82, 2.24) is 9.80 Å². The van der Waals surface area contributed by atoms with Crippen LogP contribution in [0.3, 0.4) is 0 Å². The van der Waals surface area contributed by atoms with E-state index in [1.54, 1.807) is 12.1 Å². The minimum absolute atomic E-state index is 0.00888. The maximum Gasteiger partial charge on any atom is 0.269 e. The van der Waals surface area contributed by atoms with Crippen LogP contribution in [0.4, 0.5) is 11.4 Å². The lowest BCUT2D eigenvalue weighted by Crippen LogP contribution is -2.56. The van der Waals surface area contributed by atoms with Gasteiger partial charge in [0.25, 0.3) is 11.6 Å². The molecule has 2 heterocycles. The van der Waals surface area contributed by atoms with Gasteiger partial charge in [0.2, 0.25) is 0 Å². The second kappa shape index (κ2) is 8.83. The molecule has 2 aromatic rings. The average Bonchev–Trinajstić information content (AvgIpc) is 2.79. The smallest absolute Gasteiger partial charge is 0.269 e. The molecule has 7 heteroatoms. The number of rotatable bonds is 4. The average molecular weight is 409 g/mol. The van der Waals surface area contributed by atoms with Gasteiger partial charge in [-0.05, 0) is 43.5 Å². The third-order valence-electron chi connectivity index (χ3n) is 6.30. The van der Waals surface area contributed by atoms with Gasteiger partial charge < -0.3 is 9.80 Å². The summed E-state index contributed by atoms with van der Waals surface area (Å²) in [6, 6.07) is 14.8. The van der Waals surface area contributed by atoms with E-state index in [-0.39, 0.29) is 11.6 Å². The monoisotopic (exact) mass is 408 g/mol. The van der Waals surface area contributed by atoms with Gasteiger partial charge in [-0.1, -0.05) is 18.2 Å². The minimum atomic E-state index is -0.443. The topological polar surface area (TPSA) is 69.9 Å². The number of carbonyl (C=O) groups is 1. The van der Waals surface area contributed by atoms with Crippen LogP contribution in [0.2, 0.25) is 0 Å². The largest absolute Gasteiger partial charge is 0.369 e. The van der Waals surface area contributed by atoms with Crippen molar-refractivity contribution in [3.8, 4) is 0 Å². The number of hydrogen-bond donors (Lipinski definition) is 0. The van der Waals surface area contributed by atoms with Gasteiger partial charge in [0.05, 0.1) is 4.92 Å². The zero-order valence-electron chi connectivity index (χ0n) is 17.4. The quantitative estimate of drug-likeness (QED) is 0.573. The number of carbonyl (C=O) groups excluding carboxylic acids is 1. The molecular formula is C23H28N4O3. The van der Waals surface area contributed by atoms with Crippen LogP contribution in [0.15, 0.2) is 48.5 Å².